The number of rotatable bonds is 8. The Morgan fingerprint density at radius 3 is 2.05 bits per heavy atom. The molecule has 1 saturated carbocycles. The molecule has 2 amide bonds. The van der Waals surface area contributed by atoms with Crippen LogP contribution in [0.2, 0.25) is 15.1 Å². The summed E-state index contributed by atoms with van der Waals surface area (Å²) in [5.74, 6) is -3.94. The fourth-order valence-corrected chi connectivity index (χ4v) is 5.81. The highest BCUT2D eigenvalue weighted by atomic mass is 35.5. The van der Waals surface area contributed by atoms with Crippen LogP contribution in [0.15, 0.2) is 36.4 Å². The number of carbonyl (C=O) groups is 4. The van der Waals surface area contributed by atoms with Gasteiger partial charge in [-0.05, 0) is 54.0 Å². The Hall–Kier alpha value is -2.81. The quantitative estimate of drug-likeness (QED) is 0.309. The lowest BCUT2D eigenvalue weighted by molar-refractivity contribution is -0.165. The van der Waals surface area contributed by atoms with Crippen molar-refractivity contribution in [2.75, 3.05) is 5.32 Å². The predicted octanol–water partition coefficient (Wildman–Crippen LogP) is 5.54. The predicted molar refractivity (Wildman–Crippen MR) is 141 cm³/mol. The molecule has 2 aromatic carbocycles. The zero-order valence-corrected chi connectivity index (χ0v) is 22.7. The molecule has 0 radical (unpaired) electrons. The molecular formula is C26H27Cl3N2O6. The molecular weight excluding hydrogens is 543 g/mol. The van der Waals surface area contributed by atoms with E-state index >= 15 is 0 Å². The molecule has 0 bridgehead atoms. The molecule has 1 fully saturated rings. The molecule has 0 unspecified atom stereocenters. The van der Waals surface area contributed by atoms with Crippen LogP contribution in [0.25, 0.3) is 0 Å². The number of anilines is 1. The summed E-state index contributed by atoms with van der Waals surface area (Å²) in [6.07, 6.45) is 0.588. The first-order valence-electron chi connectivity index (χ1n) is 11.5. The van der Waals surface area contributed by atoms with Gasteiger partial charge in [-0.25, -0.2) is 4.79 Å². The van der Waals surface area contributed by atoms with Gasteiger partial charge < -0.3 is 20.8 Å². The van der Waals surface area contributed by atoms with E-state index in [-0.39, 0.29) is 39.4 Å². The van der Waals surface area contributed by atoms with Crippen LogP contribution in [0.5, 0.6) is 0 Å². The zero-order valence-electron chi connectivity index (χ0n) is 20.4. The third kappa shape index (κ3) is 5.56. The first kappa shape index (κ1) is 28.8. The molecule has 2 aromatic rings. The standard InChI is InChI=1S/C26H27Cl3N2O6/c1-13-8-9-26(24(36)37,25(13,2)3)23(35)31-19(22(33)34)10-14-4-6-16(7-5-14)30-21(32)20-17(28)11-15(27)12-18(20)29/h4-7,11-13,19H,8-10H2,1-3H3,(H,30,32)(H,31,35)(H,33,34)(H,36,37)/t13-,19-,26-/m0/s1. The number of carboxylic acids is 2. The van der Waals surface area contributed by atoms with E-state index in [1.807, 2.05) is 6.92 Å². The molecule has 4 N–H and O–H groups in total. The minimum Gasteiger partial charge on any atom is -0.480 e. The number of aliphatic carboxylic acids is 2. The molecule has 0 spiro atoms. The summed E-state index contributed by atoms with van der Waals surface area (Å²) in [6.45, 7) is 5.35. The lowest BCUT2D eigenvalue weighted by Gasteiger charge is -2.39. The molecule has 1 aliphatic carbocycles. The molecule has 1 aliphatic rings. The van der Waals surface area contributed by atoms with Crippen LogP contribution in [0.4, 0.5) is 5.69 Å². The van der Waals surface area contributed by atoms with Gasteiger partial charge in [0.1, 0.15) is 6.04 Å². The summed E-state index contributed by atoms with van der Waals surface area (Å²) >= 11 is 18.1. The molecule has 0 aliphatic heterocycles. The lowest BCUT2D eigenvalue weighted by Crippen LogP contribution is -2.57. The summed E-state index contributed by atoms with van der Waals surface area (Å²) in [5.41, 5.74) is -1.57. The maximum Gasteiger partial charge on any atom is 0.326 e. The van der Waals surface area contributed by atoms with Crippen LogP contribution in [0.1, 0.15) is 49.5 Å². The van der Waals surface area contributed by atoms with Gasteiger partial charge in [-0.2, -0.15) is 0 Å². The Morgan fingerprint density at radius 1 is 1.03 bits per heavy atom. The zero-order chi connectivity index (χ0) is 27.7. The van der Waals surface area contributed by atoms with Crippen LogP contribution in [-0.4, -0.2) is 40.0 Å². The maximum absolute atomic E-state index is 13.2. The third-order valence-electron chi connectivity index (χ3n) is 7.53. The second kappa shape index (κ2) is 10.9. The van der Waals surface area contributed by atoms with E-state index in [1.54, 1.807) is 38.1 Å². The maximum atomic E-state index is 13.2. The van der Waals surface area contributed by atoms with Gasteiger partial charge in [-0.15, -0.1) is 0 Å². The van der Waals surface area contributed by atoms with Crippen molar-refractivity contribution >= 4 is 64.2 Å². The minimum absolute atomic E-state index is 0.0296. The molecule has 0 saturated heterocycles. The highest BCUT2D eigenvalue weighted by molar-refractivity contribution is 6.42. The summed E-state index contributed by atoms with van der Waals surface area (Å²) in [6, 6.07) is 7.76. The summed E-state index contributed by atoms with van der Waals surface area (Å²) in [7, 11) is 0. The fourth-order valence-electron chi connectivity index (χ4n) is 4.82. The second-order valence-electron chi connectivity index (χ2n) is 9.84. The first-order chi connectivity index (χ1) is 17.2. The normalized spacial score (nSPS) is 21.2. The number of halogens is 3. The number of benzene rings is 2. The molecule has 3 atom stereocenters. The second-order valence-corrected chi connectivity index (χ2v) is 11.1. The van der Waals surface area contributed by atoms with Crippen LogP contribution < -0.4 is 10.6 Å². The van der Waals surface area contributed by atoms with Gasteiger partial charge >= 0.3 is 11.9 Å². The van der Waals surface area contributed by atoms with Crippen molar-refractivity contribution in [3.05, 3.63) is 62.6 Å². The van der Waals surface area contributed by atoms with Crippen LogP contribution in [0.3, 0.4) is 0 Å². The van der Waals surface area contributed by atoms with Crippen LogP contribution in [0, 0.1) is 16.7 Å². The molecule has 37 heavy (non-hydrogen) atoms. The van der Waals surface area contributed by atoms with Crippen molar-refractivity contribution in [3.8, 4) is 0 Å². The highest BCUT2D eigenvalue weighted by Gasteiger charge is 2.63. The van der Waals surface area contributed by atoms with Crippen molar-refractivity contribution in [3.63, 3.8) is 0 Å². The Balaban J connectivity index is 1.74. The summed E-state index contributed by atoms with van der Waals surface area (Å²) in [4.78, 5) is 50.1. The third-order valence-corrected chi connectivity index (χ3v) is 8.34. The van der Waals surface area contributed by atoms with E-state index in [0.29, 0.717) is 17.7 Å². The van der Waals surface area contributed by atoms with Gasteiger partial charge in [-0.3, -0.25) is 14.4 Å². The molecule has 3 rings (SSSR count). The number of carboxylic acid groups (broad SMARTS) is 2. The molecule has 198 valence electrons. The Labute approximate surface area is 229 Å². The van der Waals surface area contributed by atoms with Crippen molar-refractivity contribution in [1.29, 1.82) is 0 Å². The van der Waals surface area contributed by atoms with Gasteiger partial charge in [0.2, 0.25) is 5.91 Å². The van der Waals surface area contributed by atoms with E-state index in [0.717, 1.165) is 0 Å². The largest absolute Gasteiger partial charge is 0.480 e. The fraction of sp³-hybridized carbons (Fsp3) is 0.385. The average Bonchev–Trinajstić information content (AvgIpc) is 3.03. The highest BCUT2D eigenvalue weighted by Crippen LogP contribution is 2.56. The number of amides is 2. The minimum atomic E-state index is -1.72. The van der Waals surface area contributed by atoms with Gasteiger partial charge in [-0.1, -0.05) is 67.7 Å². The van der Waals surface area contributed by atoms with E-state index in [4.69, 9.17) is 34.8 Å². The van der Waals surface area contributed by atoms with Crippen molar-refractivity contribution in [2.45, 2.75) is 46.1 Å². The van der Waals surface area contributed by atoms with Gasteiger partial charge in [0.25, 0.3) is 5.91 Å². The van der Waals surface area contributed by atoms with Gasteiger partial charge in [0.05, 0.1) is 15.6 Å². The molecule has 8 nitrogen and oxygen atoms in total. The number of nitrogens with one attached hydrogen (secondary N) is 2. The smallest absolute Gasteiger partial charge is 0.326 e. The van der Waals surface area contributed by atoms with E-state index < -0.39 is 40.6 Å². The van der Waals surface area contributed by atoms with Crippen molar-refractivity contribution in [2.24, 2.45) is 16.7 Å². The van der Waals surface area contributed by atoms with Crippen molar-refractivity contribution < 1.29 is 29.4 Å². The number of hydrogen-bond acceptors (Lipinski definition) is 4. The Morgan fingerprint density at radius 2 is 1.59 bits per heavy atom. The lowest BCUT2D eigenvalue weighted by atomic mass is 9.64. The number of carbonyl (C=O) groups excluding carboxylic acids is 2. The van der Waals surface area contributed by atoms with Crippen molar-refractivity contribution in [1.82, 2.24) is 5.32 Å². The van der Waals surface area contributed by atoms with Crippen LogP contribution >= 0.6 is 34.8 Å². The Kier molecular flexibility index (Phi) is 8.47. The van der Waals surface area contributed by atoms with Gasteiger partial charge in [0.15, 0.2) is 5.41 Å². The van der Waals surface area contributed by atoms with E-state index in [1.165, 1.54) is 12.1 Å². The molecule has 0 aromatic heterocycles. The number of hydrogen-bond donors (Lipinski definition) is 4. The average molecular weight is 570 g/mol. The van der Waals surface area contributed by atoms with E-state index in [9.17, 15) is 29.4 Å². The molecule has 0 heterocycles. The molecule has 11 heteroatoms. The monoisotopic (exact) mass is 568 g/mol. The Bertz CT molecular complexity index is 1220. The topological polar surface area (TPSA) is 133 Å². The van der Waals surface area contributed by atoms with Gasteiger partial charge in [0, 0.05) is 17.1 Å². The van der Waals surface area contributed by atoms with E-state index in [2.05, 4.69) is 10.6 Å². The summed E-state index contributed by atoms with van der Waals surface area (Å²) in [5, 5.41) is 25.3. The summed E-state index contributed by atoms with van der Waals surface area (Å²) < 4.78 is 0. The van der Waals surface area contributed by atoms with Crippen LogP contribution in [-0.2, 0) is 20.8 Å². The first-order valence-corrected chi connectivity index (χ1v) is 12.7. The SMILES string of the molecule is C[C@H]1CC[C@@](C(=O)O)(C(=O)N[C@@H](Cc2ccc(NC(=O)c3c(Cl)cc(Cl)cc3Cl)cc2)C(=O)O)C1(C)C.